The molecule has 202 valence electrons. The number of nitrogens with zero attached hydrogens (tertiary/aromatic N) is 4. The summed E-state index contributed by atoms with van der Waals surface area (Å²) in [5.74, 6) is 0.998. The molecule has 0 fully saturated rings. The summed E-state index contributed by atoms with van der Waals surface area (Å²) < 4.78 is 39.0. The van der Waals surface area contributed by atoms with E-state index in [0.717, 1.165) is 17.8 Å². The van der Waals surface area contributed by atoms with Crippen molar-refractivity contribution >= 4 is 42.6 Å². The van der Waals surface area contributed by atoms with E-state index in [9.17, 15) is 13.2 Å². The third kappa shape index (κ3) is 6.06. The van der Waals surface area contributed by atoms with Gasteiger partial charge < -0.3 is 14.4 Å². The van der Waals surface area contributed by atoms with Crippen LogP contribution in [0.5, 0.6) is 11.5 Å². The van der Waals surface area contributed by atoms with Gasteiger partial charge in [0.15, 0.2) is 5.13 Å². The molecule has 0 spiro atoms. The number of benzene rings is 2. The van der Waals surface area contributed by atoms with Gasteiger partial charge in [0.1, 0.15) is 21.7 Å². The summed E-state index contributed by atoms with van der Waals surface area (Å²) in [7, 11) is -0.438. The third-order valence-corrected chi connectivity index (χ3v) is 9.51. The number of sulfonamides is 1. The van der Waals surface area contributed by atoms with Gasteiger partial charge in [0, 0.05) is 31.7 Å². The van der Waals surface area contributed by atoms with Crippen LogP contribution in [0, 0.1) is 0 Å². The van der Waals surface area contributed by atoms with Gasteiger partial charge in [-0.3, -0.25) is 9.69 Å². The quantitative estimate of drug-likeness (QED) is 0.314. The van der Waals surface area contributed by atoms with Crippen LogP contribution >= 0.6 is 11.3 Å². The molecular weight excluding hydrogens is 512 g/mol. The van der Waals surface area contributed by atoms with E-state index in [2.05, 4.69) is 18.7 Å². The lowest BCUT2D eigenvalue weighted by molar-refractivity contribution is 0.0983. The minimum absolute atomic E-state index is 0.164. The van der Waals surface area contributed by atoms with Crippen molar-refractivity contribution < 1.29 is 22.7 Å². The van der Waals surface area contributed by atoms with Crippen molar-refractivity contribution in [3.63, 3.8) is 0 Å². The lowest BCUT2D eigenvalue weighted by Gasteiger charge is -2.25. The van der Waals surface area contributed by atoms with Crippen LogP contribution in [0.1, 0.15) is 38.1 Å². The molecule has 37 heavy (non-hydrogen) atoms. The Bertz CT molecular complexity index is 1260. The van der Waals surface area contributed by atoms with E-state index in [1.54, 1.807) is 51.2 Å². The predicted molar refractivity (Wildman–Crippen MR) is 149 cm³/mol. The maximum absolute atomic E-state index is 13.8. The van der Waals surface area contributed by atoms with Gasteiger partial charge in [-0.15, -0.1) is 0 Å². The normalized spacial score (nSPS) is 11.9. The molecule has 3 rings (SSSR count). The fourth-order valence-electron chi connectivity index (χ4n) is 4.09. The molecule has 0 saturated carbocycles. The standard InChI is InChI=1S/C26H36N4O5S2/c1-7-28(8-2)17-18-30(26-27-23-21(34-5)15-16-22(35-6)24(23)36-26)25(31)19-11-13-20(14-12-19)37(32,33)29(9-3)10-4/h11-16H,7-10,17-18H2,1-6H3. The predicted octanol–water partition coefficient (Wildman–Crippen LogP) is 4.33. The van der Waals surface area contributed by atoms with Gasteiger partial charge in [-0.1, -0.05) is 39.0 Å². The zero-order valence-corrected chi connectivity index (χ0v) is 24.0. The van der Waals surface area contributed by atoms with Gasteiger partial charge in [0.2, 0.25) is 10.0 Å². The Morgan fingerprint density at radius 3 is 2.00 bits per heavy atom. The zero-order chi connectivity index (χ0) is 27.2. The van der Waals surface area contributed by atoms with Crippen molar-refractivity contribution in [2.75, 3.05) is 58.4 Å². The molecule has 3 aromatic rings. The van der Waals surface area contributed by atoms with Crippen LogP contribution in [0.2, 0.25) is 0 Å². The molecule has 9 nitrogen and oxygen atoms in total. The van der Waals surface area contributed by atoms with E-state index in [-0.39, 0.29) is 10.8 Å². The number of methoxy groups -OCH3 is 2. The molecule has 0 aliphatic carbocycles. The van der Waals surface area contributed by atoms with E-state index in [4.69, 9.17) is 14.5 Å². The van der Waals surface area contributed by atoms with Crippen LogP contribution in [0.4, 0.5) is 5.13 Å². The highest BCUT2D eigenvalue weighted by Crippen LogP contribution is 2.40. The summed E-state index contributed by atoms with van der Waals surface area (Å²) in [5.41, 5.74) is 1.01. The fourth-order valence-corrected chi connectivity index (χ4v) is 6.65. The summed E-state index contributed by atoms with van der Waals surface area (Å²) in [4.78, 5) is 22.6. The minimum Gasteiger partial charge on any atom is -0.495 e. The molecule has 0 unspecified atom stereocenters. The molecule has 2 aromatic carbocycles. The highest BCUT2D eigenvalue weighted by atomic mass is 32.2. The molecule has 1 heterocycles. The fraction of sp³-hybridized carbons (Fsp3) is 0.462. The average Bonchev–Trinajstić information content (AvgIpc) is 3.36. The number of hydrogen-bond acceptors (Lipinski definition) is 8. The molecule has 0 aliphatic heterocycles. The van der Waals surface area contributed by atoms with E-state index in [1.165, 1.54) is 27.8 Å². The molecule has 1 amide bonds. The van der Waals surface area contributed by atoms with Gasteiger partial charge in [0.25, 0.3) is 5.91 Å². The van der Waals surface area contributed by atoms with Crippen molar-refractivity contribution in [3.05, 3.63) is 42.0 Å². The van der Waals surface area contributed by atoms with E-state index in [0.29, 0.717) is 53.9 Å². The lowest BCUT2D eigenvalue weighted by atomic mass is 10.2. The number of aromatic nitrogens is 1. The SMILES string of the molecule is CCN(CC)CCN(C(=O)c1ccc(S(=O)(=O)N(CC)CC)cc1)c1nc2c(OC)ccc(OC)c2s1. The second-order valence-electron chi connectivity index (χ2n) is 8.24. The van der Waals surface area contributed by atoms with Gasteiger partial charge in [-0.2, -0.15) is 4.31 Å². The maximum atomic E-state index is 13.8. The average molecular weight is 549 g/mol. The largest absolute Gasteiger partial charge is 0.495 e. The number of hydrogen-bond donors (Lipinski definition) is 0. The first kappa shape index (κ1) is 28.8. The molecule has 0 atom stereocenters. The molecule has 0 aliphatic rings. The monoisotopic (exact) mass is 548 g/mol. The highest BCUT2D eigenvalue weighted by Gasteiger charge is 2.26. The molecule has 1 aromatic heterocycles. The Morgan fingerprint density at radius 1 is 0.865 bits per heavy atom. The zero-order valence-electron chi connectivity index (χ0n) is 22.4. The number of carbonyl (C=O) groups excluding carboxylic acids is 1. The van der Waals surface area contributed by atoms with Crippen molar-refractivity contribution in [3.8, 4) is 11.5 Å². The number of likely N-dealkylation sites (N-methyl/N-ethyl adjacent to an activating group) is 1. The highest BCUT2D eigenvalue weighted by molar-refractivity contribution is 7.89. The first-order valence-corrected chi connectivity index (χ1v) is 14.7. The second kappa shape index (κ2) is 12.7. The Labute approximate surface area is 223 Å². The molecule has 0 saturated heterocycles. The molecule has 0 radical (unpaired) electrons. The van der Waals surface area contributed by atoms with Crippen molar-refractivity contribution in [2.24, 2.45) is 0 Å². The Kier molecular flexibility index (Phi) is 9.88. The Balaban J connectivity index is 2.02. The van der Waals surface area contributed by atoms with Crippen LogP contribution in [0.15, 0.2) is 41.3 Å². The minimum atomic E-state index is -3.61. The van der Waals surface area contributed by atoms with Gasteiger partial charge in [0.05, 0.1) is 19.1 Å². The van der Waals surface area contributed by atoms with Gasteiger partial charge in [-0.05, 0) is 49.5 Å². The lowest BCUT2D eigenvalue weighted by Crippen LogP contribution is -2.39. The van der Waals surface area contributed by atoms with Crippen LogP contribution in [-0.2, 0) is 10.0 Å². The third-order valence-electron chi connectivity index (χ3n) is 6.35. The number of fused-ring (bicyclic) bond motifs is 1. The van der Waals surface area contributed by atoms with Gasteiger partial charge in [-0.25, -0.2) is 13.4 Å². The summed E-state index contributed by atoms with van der Waals surface area (Å²) in [6.45, 7) is 11.3. The van der Waals surface area contributed by atoms with Crippen LogP contribution in [0.3, 0.4) is 0 Å². The number of ether oxygens (including phenoxy) is 2. The van der Waals surface area contributed by atoms with E-state index in [1.807, 2.05) is 6.07 Å². The number of anilines is 1. The maximum Gasteiger partial charge on any atom is 0.260 e. The topological polar surface area (TPSA) is 92.3 Å². The van der Waals surface area contributed by atoms with Crippen LogP contribution in [0.25, 0.3) is 10.2 Å². The van der Waals surface area contributed by atoms with E-state index < -0.39 is 10.0 Å². The molecule has 0 bridgehead atoms. The van der Waals surface area contributed by atoms with Crippen molar-refractivity contribution in [1.29, 1.82) is 0 Å². The second-order valence-corrected chi connectivity index (χ2v) is 11.2. The van der Waals surface area contributed by atoms with Crippen molar-refractivity contribution in [1.82, 2.24) is 14.2 Å². The summed E-state index contributed by atoms with van der Waals surface area (Å²) in [5, 5.41) is 0.523. The number of carbonyl (C=O) groups is 1. The van der Waals surface area contributed by atoms with Crippen LogP contribution < -0.4 is 14.4 Å². The molecule has 11 heteroatoms. The number of thiazole rings is 1. The number of amides is 1. The van der Waals surface area contributed by atoms with Crippen molar-refractivity contribution in [2.45, 2.75) is 32.6 Å². The Morgan fingerprint density at radius 2 is 1.46 bits per heavy atom. The molecular formula is C26H36N4O5S2. The smallest absolute Gasteiger partial charge is 0.260 e. The summed E-state index contributed by atoms with van der Waals surface area (Å²) >= 11 is 1.36. The van der Waals surface area contributed by atoms with E-state index >= 15 is 0 Å². The van der Waals surface area contributed by atoms with Gasteiger partial charge >= 0.3 is 0 Å². The van der Waals surface area contributed by atoms with Crippen LogP contribution in [-0.4, -0.2) is 82.0 Å². The first-order valence-electron chi connectivity index (χ1n) is 12.4. The number of rotatable bonds is 13. The summed E-state index contributed by atoms with van der Waals surface area (Å²) in [6, 6.07) is 9.74. The summed E-state index contributed by atoms with van der Waals surface area (Å²) in [6.07, 6.45) is 0. The first-order chi connectivity index (χ1) is 17.7. The Hall–Kier alpha value is -2.73. The molecule has 0 N–H and O–H groups in total.